The lowest BCUT2D eigenvalue weighted by Gasteiger charge is -2.41. The van der Waals surface area contributed by atoms with E-state index in [9.17, 15) is 14.0 Å². The highest BCUT2D eigenvalue weighted by Gasteiger charge is 2.47. The summed E-state index contributed by atoms with van der Waals surface area (Å²) in [5, 5.41) is 3.08. The molecule has 0 spiro atoms. The number of imidazole rings is 1. The maximum atomic E-state index is 14.7. The smallest absolute Gasteiger partial charge is 0.268 e. The second-order valence-electron chi connectivity index (χ2n) is 8.97. The Kier molecular flexibility index (Phi) is 4.46. The molecule has 3 aromatic heterocycles. The van der Waals surface area contributed by atoms with Gasteiger partial charge in [-0.25, -0.2) is 14.4 Å². The van der Waals surface area contributed by atoms with E-state index in [1.165, 1.54) is 0 Å². The maximum Gasteiger partial charge on any atom is 0.268 e. The largest absolute Gasteiger partial charge is 0.364 e. The number of hydrogen-bond donors (Lipinski definition) is 2. The lowest BCUT2D eigenvalue weighted by molar-refractivity contribution is -0.135. The minimum absolute atomic E-state index is 0.102. The van der Waals surface area contributed by atoms with Crippen molar-refractivity contribution < 1.29 is 14.0 Å². The van der Waals surface area contributed by atoms with Crippen LogP contribution in [0.1, 0.15) is 36.2 Å². The number of halogens is 1. The van der Waals surface area contributed by atoms with E-state index in [1.54, 1.807) is 28.9 Å². The molecule has 1 saturated carbocycles. The number of amides is 2. The average Bonchev–Trinajstić information content (AvgIpc) is 3.50. The van der Waals surface area contributed by atoms with E-state index in [4.69, 9.17) is 5.73 Å². The summed E-state index contributed by atoms with van der Waals surface area (Å²) in [6.45, 7) is 1.14. The van der Waals surface area contributed by atoms with Gasteiger partial charge in [0.15, 0.2) is 11.6 Å². The van der Waals surface area contributed by atoms with Gasteiger partial charge in [0.1, 0.15) is 11.3 Å². The first-order valence-corrected chi connectivity index (χ1v) is 11.1. The fourth-order valence-electron chi connectivity index (χ4n) is 4.92. The third-order valence-corrected chi connectivity index (χ3v) is 6.66. The molecule has 170 valence electrons. The van der Waals surface area contributed by atoms with Gasteiger partial charge in [-0.15, -0.1) is 0 Å². The predicted octanol–water partition coefficient (Wildman–Crippen LogP) is 1.70. The van der Waals surface area contributed by atoms with E-state index in [2.05, 4.69) is 20.3 Å². The van der Waals surface area contributed by atoms with Crippen LogP contribution in [-0.2, 0) is 4.79 Å². The van der Waals surface area contributed by atoms with Gasteiger partial charge in [0.25, 0.3) is 5.91 Å². The molecule has 11 heteroatoms. The molecule has 0 aromatic carbocycles. The number of pyridine rings is 1. The van der Waals surface area contributed by atoms with Gasteiger partial charge in [0.05, 0.1) is 6.20 Å². The number of hydrogen-bond acceptors (Lipinski definition) is 7. The fourth-order valence-corrected chi connectivity index (χ4v) is 4.92. The predicted molar refractivity (Wildman–Crippen MR) is 118 cm³/mol. The lowest BCUT2D eigenvalue weighted by atomic mass is 10.1. The highest BCUT2D eigenvalue weighted by atomic mass is 19.1. The molecule has 3 aromatic rings. The van der Waals surface area contributed by atoms with Crippen molar-refractivity contribution in [1.29, 1.82) is 0 Å². The van der Waals surface area contributed by atoms with Crippen LogP contribution in [-0.4, -0.2) is 61.2 Å². The number of primary amides is 1. The van der Waals surface area contributed by atoms with Gasteiger partial charge >= 0.3 is 0 Å². The molecule has 2 unspecified atom stereocenters. The summed E-state index contributed by atoms with van der Waals surface area (Å²) in [6.07, 6.45) is 8.30. The molecular formula is C22H23FN8O2. The van der Waals surface area contributed by atoms with Crippen LogP contribution in [0.4, 0.5) is 21.8 Å². The Balaban J connectivity index is 1.22. The quantitative estimate of drug-likeness (QED) is 0.607. The molecule has 3 aliphatic rings. The second-order valence-corrected chi connectivity index (χ2v) is 8.97. The molecule has 3 N–H and O–H groups in total. The zero-order valence-corrected chi connectivity index (χ0v) is 17.8. The summed E-state index contributed by atoms with van der Waals surface area (Å²) in [6, 6.07) is 3.70. The summed E-state index contributed by atoms with van der Waals surface area (Å²) in [7, 11) is 0. The number of carbonyl (C=O) groups is 2. The van der Waals surface area contributed by atoms with Crippen LogP contribution in [0.3, 0.4) is 0 Å². The SMILES string of the molecule is NC(=O)c1cn2ccc(Nc3ncc(F)c(N4CC5CCC(C4)N5C(=O)C4CC4)n3)cc2n1. The van der Waals surface area contributed by atoms with Crippen molar-refractivity contribution in [3.63, 3.8) is 0 Å². The number of nitrogens with two attached hydrogens (primary N) is 1. The van der Waals surface area contributed by atoms with Gasteiger partial charge in [-0.05, 0) is 31.7 Å². The van der Waals surface area contributed by atoms with Crippen LogP contribution in [0.25, 0.3) is 5.65 Å². The highest BCUT2D eigenvalue weighted by Crippen LogP contribution is 2.39. The molecule has 2 atom stereocenters. The third-order valence-electron chi connectivity index (χ3n) is 6.66. The van der Waals surface area contributed by atoms with E-state index < -0.39 is 11.7 Å². The summed E-state index contributed by atoms with van der Waals surface area (Å²) >= 11 is 0. The number of rotatable bonds is 5. The standard InChI is InChI=1S/C22H23FN8O2/c23-16-8-25-22(26-13-5-6-29-11-17(19(24)32)27-18(29)7-13)28-20(16)30-9-14-3-4-15(10-30)31(14)21(33)12-1-2-12/h5-8,11-12,14-15H,1-4,9-10H2,(H2,24,32)(H,25,26,28). The molecular weight excluding hydrogens is 427 g/mol. The van der Waals surface area contributed by atoms with Crippen molar-refractivity contribution in [2.24, 2.45) is 11.7 Å². The van der Waals surface area contributed by atoms with Gasteiger partial charge in [-0.2, -0.15) is 4.98 Å². The molecule has 1 aliphatic carbocycles. The van der Waals surface area contributed by atoms with Gasteiger partial charge < -0.3 is 25.3 Å². The second kappa shape index (κ2) is 7.39. The molecule has 2 aliphatic heterocycles. The summed E-state index contributed by atoms with van der Waals surface area (Å²) < 4.78 is 16.4. The number of anilines is 3. The van der Waals surface area contributed by atoms with Crippen LogP contribution in [0.15, 0.2) is 30.7 Å². The van der Waals surface area contributed by atoms with Crippen LogP contribution in [0, 0.1) is 11.7 Å². The molecule has 33 heavy (non-hydrogen) atoms. The Hall–Kier alpha value is -3.76. The number of fused-ring (bicyclic) bond motifs is 3. The van der Waals surface area contributed by atoms with Crippen molar-refractivity contribution in [2.75, 3.05) is 23.3 Å². The topological polar surface area (TPSA) is 122 Å². The molecule has 3 fully saturated rings. The van der Waals surface area contributed by atoms with E-state index >= 15 is 0 Å². The highest BCUT2D eigenvalue weighted by molar-refractivity contribution is 5.91. The van der Waals surface area contributed by atoms with Crippen molar-refractivity contribution in [3.8, 4) is 0 Å². The van der Waals surface area contributed by atoms with Crippen molar-refractivity contribution >= 4 is 34.9 Å². The normalized spacial score (nSPS) is 22.1. The summed E-state index contributed by atoms with van der Waals surface area (Å²) in [5.41, 5.74) is 6.64. The Morgan fingerprint density at radius 3 is 2.58 bits per heavy atom. The number of nitrogens with zero attached hydrogens (tertiary/aromatic N) is 6. The van der Waals surface area contributed by atoms with Crippen molar-refractivity contribution in [1.82, 2.24) is 24.3 Å². The van der Waals surface area contributed by atoms with Crippen LogP contribution in [0.5, 0.6) is 0 Å². The first kappa shape index (κ1) is 19.9. The molecule has 5 heterocycles. The third kappa shape index (κ3) is 3.53. The Labute approximate surface area is 188 Å². The maximum absolute atomic E-state index is 14.7. The van der Waals surface area contributed by atoms with E-state index in [0.717, 1.165) is 31.9 Å². The molecule has 6 rings (SSSR count). The molecule has 2 saturated heterocycles. The van der Waals surface area contributed by atoms with Crippen LogP contribution < -0.4 is 16.0 Å². The Bertz CT molecular complexity index is 1260. The average molecular weight is 450 g/mol. The number of aromatic nitrogens is 4. The van der Waals surface area contributed by atoms with Crippen LogP contribution >= 0.6 is 0 Å². The Morgan fingerprint density at radius 1 is 1.12 bits per heavy atom. The molecule has 2 amide bonds. The monoisotopic (exact) mass is 450 g/mol. The number of nitrogens with one attached hydrogen (secondary N) is 1. The molecule has 10 nitrogen and oxygen atoms in total. The van der Waals surface area contributed by atoms with Crippen molar-refractivity contribution in [2.45, 2.75) is 37.8 Å². The van der Waals surface area contributed by atoms with Crippen molar-refractivity contribution in [3.05, 3.63) is 42.2 Å². The summed E-state index contributed by atoms with van der Waals surface area (Å²) in [4.78, 5) is 40.7. The van der Waals surface area contributed by atoms with Gasteiger partial charge in [0, 0.05) is 55.2 Å². The van der Waals surface area contributed by atoms with Gasteiger partial charge in [0.2, 0.25) is 11.9 Å². The zero-order valence-electron chi connectivity index (χ0n) is 17.8. The van der Waals surface area contributed by atoms with Crippen LogP contribution in [0.2, 0.25) is 0 Å². The fraction of sp³-hybridized carbons (Fsp3) is 0.409. The molecule has 0 radical (unpaired) electrons. The van der Waals surface area contributed by atoms with E-state index in [-0.39, 0.29) is 41.4 Å². The van der Waals surface area contributed by atoms with Gasteiger partial charge in [-0.3, -0.25) is 9.59 Å². The van der Waals surface area contributed by atoms with E-state index in [0.29, 0.717) is 24.4 Å². The Morgan fingerprint density at radius 2 is 1.88 bits per heavy atom. The van der Waals surface area contributed by atoms with Gasteiger partial charge in [-0.1, -0.05) is 0 Å². The summed E-state index contributed by atoms with van der Waals surface area (Å²) in [5.74, 6) is -0.148. The minimum Gasteiger partial charge on any atom is -0.364 e. The lowest BCUT2D eigenvalue weighted by Crippen LogP contribution is -2.56. The first-order valence-electron chi connectivity index (χ1n) is 11.1. The van der Waals surface area contributed by atoms with E-state index in [1.807, 2.05) is 9.80 Å². The molecule has 2 bridgehead atoms. The number of carbonyl (C=O) groups excluding carboxylic acids is 2. The zero-order chi connectivity index (χ0) is 22.7. The first-order chi connectivity index (χ1) is 16.0. The number of piperazine rings is 1. The minimum atomic E-state index is -0.604.